The van der Waals surface area contributed by atoms with Crippen LogP contribution in [0.3, 0.4) is 0 Å². The summed E-state index contributed by atoms with van der Waals surface area (Å²) in [6.45, 7) is 4.43. The molecule has 1 aliphatic rings. The highest BCUT2D eigenvalue weighted by molar-refractivity contribution is 7.91. The Morgan fingerprint density at radius 2 is 2.00 bits per heavy atom. The van der Waals surface area contributed by atoms with Crippen molar-refractivity contribution in [2.75, 3.05) is 6.54 Å². The van der Waals surface area contributed by atoms with Gasteiger partial charge in [0.25, 0.3) is 10.0 Å². The fourth-order valence-corrected chi connectivity index (χ4v) is 5.83. The summed E-state index contributed by atoms with van der Waals surface area (Å²) in [6.07, 6.45) is 0.0810. The number of thiophene rings is 1. The molecular weight excluding hydrogens is 356 g/mol. The summed E-state index contributed by atoms with van der Waals surface area (Å²) in [5, 5.41) is 21.5. The summed E-state index contributed by atoms with van der Waals surface area (Å²) in [4.78, 5) is 23.2. The SMILES string of the molecule is CC(C)C(CC(=O)O)NS(=O)(=O)c1sc2c(c1C(=O)O)CCNC2. The summed E-state index contributed by atoms with van der Waals surface area (Å²) in [5.41, 5.74) is 0.354. The summed E-state index contributed by atoms with van der Waals surface area (Å²) >= 11 is 0.929. The van der Waals surface area contributed by atoms with Gasteiger partial charge >= 0.3 is 11.9 Å². The van der Waals surface area contributed by atoms with Crippen molar-refractivity contribution in [1.82, 2.24) is 10.0 Å². The predicted octanol–water partition coefficient (Wildman–Crippen LogP) is 0.870. The number of sulfonamides is 1. The number of nitrogens with one attached hydrogen (secondary N) is 2. The molecule has 1 aliphatic heterocycles. The molecule has 0 spiro atoms. The third kappa shape index (κ3) is 3.94. The molecule has 0 aliphatic carbocycles. The van der Waals surface area contributed by atoms with Crippen LogP contribution in [0.5, 0.6) is 0 Å². The van der Waals surface area contributed by atoms with Gasteiger partial charge in [0.1, 0.15) is 4.21 Å². The average molecular weight is 376 g/mol. The van der Waals surface area contributed by atoms with Crippen molar-refractivity contribution in [3.8, 4) is 0 Å². The van der Waals surface area contributed by atoms with Gasteiger partial charge in [-0.15, -0.1) is 11.3 Å². The van der Waals surface area contributed by atoms with Crippen LogP contribution in [0.15, 0.2) is 4.21 Å². The second kappa shape index (κ2) is 7.18. The highest BCUT2D eigenvalue weighted by Gasteiger charge is 2.34. The van der Waals surface area contributed by atoms with Gasteiger partial charge in [-0.1, -0.05) is 13.8 Å². The Bertz CT molecular complexity index is 754. The van der Waals surface area contributed by atoms with Gasteiger partial charge < -0.3 is 15.5 Å². The van der Waals surface area contributed by atoms with Crippen molar-refractivity contribution in [2.24, 2.45) is 5.92 Å². The molecule has 24 heavy (non-hydrogen) atoms. The zero-order chi connectivity index (χ0) is 18.1. The van der Waals surface area contributed by atoms with Gasteiger partial charge in [0, 0.05) is 17.5 Å². The summed E-state index contributed by atoms with van der Waals surface area (Å²) in [6, 6.07) is -0.814. The quantitative estimate of drug-likeness (QED) is 0.555. The first-order valence-corrected chi connectivity index (χ1v) is 9.76. The minimum Gasteiger partial charge on any atom is -0.481 e. The number of hydrogen-bond donors (Lipinski definition) is 4. The second-order valence-electron chi connectivity index (χ2n) is 5.97. The number of carboxylic acid groups (broad SMARTS) is 2. The Labute approximate surface area is 143 Å². The van der Waals surface area contributed by atoms with E-state index in [4.69, 9.17) is 5.11 Å². The van der Waals surface area contributed by atoms with Crippen molar-refractivity contribution < 1.29 is 28.2 Å². The predicted molar refractivity (Wildman–Crippen MR) is 87.9 cm³/mol. The minimum atomic E-state index is -4.12. The van der Waals surface area contributed by atoms with Crippen LogP contribution in [0.2, 0.25) is 0 Å². The third-order valence-corrected chi connectivity index (χ3v) is 7.10. The van der Waals surface area contributed by atoms with Gasteiger partial charge in [-0.2, -0.15) is 0 Å². The lowest BCUT2D eigenvalue weighted by molar-refractivity contribution is -0.137. The van der Waals surface area contributed by atoms with Crippen LogP contribution in [0.4, 0.5) is 0 Å². The monoisotopic (exact) mass is 376 g/mol. The summed E-state index contributed by atoms with van der Waals surface area (Å²) in [7, 11) is -4.12. The Balaban J connectivity index is 2.43. The van der Waals surface area contributed by atoms with Gasteiger partial charge in [0.05, 0.1) is 12.0 Å². The minimum absolute atomic E-state index is 0.193. The van der Waals surface area contributed by atoms with E-state index in [1.54, 1.807) is 13.8 Å². The van der Waals surface area contributed by atoms with Crippen LogP contribution in [0.1, 0.15) is 41.1 Å². The first-order valence-electron chi connectivity index (χ1n) is 7.46. The number of carboxylic acids is 2. The molecule has 0 saturated carbocycles. The number of aromatic carboxylic acids is 1. The number of hydrogen-bond acceptors (Lipinski definition) is 6. The average Bonchev–Trinajstić information content (AvgIpc) is 2.86. The molecule has 0 amide bonds. The maximum atomic E-state index is 12.7. The molecule has 134 valence electrons. The molecule has 0 saturated heterocycles. The van der Waals surface area contributed by atoms with E-state index in [0.717, 1.165) is 11.3 Å². The fraction of sp³-hybridized carbons (Fsp3) is 0.571. The molecule has 2 heterocycles. The van der Waals surface area contributed by atoms with Crippen LogP contribution >= 0.6 is 11.3 Å². The van der Waals surface area contributed by atoms with E-state index in [9.17, 15) is 23.1 Å². The normalized spacial score (nSPS) is 16.0. The van der Waals surface area contributed by atoms with Crippen LogP contribution in [-0.4, -0.2) is 43.2 Å². The van der Waals surface area contributed by atoms with E-state index in [-0.39, 0.29) is 22.1 Å². The number of fused-ring (bicyclic) bond motifs is 1. The molecule has 0 bridgehead atoms. The number of aliphatic carboxylic acids is 1. The Morgan fingerprint density at radius 3 is 2.54 bits per heavy atom. The molecule has 1 unspecified atom stereocenters. The topological polar surface area (TPSA) is 133 Å². The van der Waals surface area contributed by atoms with Crippen molar-refractivity contribution in [3.63, 3.8) is 0 Å². The molecule has 8 nitrogen and oxygen atoms in total. The van der Waals surface area contributed by atoms with Crippen LogP contribution < -0.4 is 10.0 Å². The maximum Gasteiger partial charge on any atom is 0.338 e. The lowest BCUT2D eigenvalue weighted by atomic mass is 10.0. The summed E-state index contributed by atoms with van der Waals surface area (Å²) in [5.74, 6) is -2.65. The second-order valence-corrected chi connectivity index (χ2v) is 8.98. The molecule has 0 fully saturated rings. The van der Waals surface area contributed by atoms with Crippen molar-refractivity contribution in [2.45, 2.75) is 43.5 Å². The molecule has 10 heteroatoms. The molecule has 0 aromatic carbocycles. The van der Waals surface area contributed by atoms with E-state index in [1.165, 1.54) is 0 Å². The fourth-order valence-electron chi connectivity index (χ4n) is 2.57. The molecule has 4 N–H and O–H groups in total. The smallest absolute Gasteiger partial charge is 0.338 e. The zero-order valence-electron chi connectivity index (χ0n) is 13.3. The number of carbonyl (C=O) groups is 2. The van der Waals surface area contributed by atoms with E-state index in [2.05, 4.69) is 10.0 Å². The first kappa shape index (κ1) is 18.8. The van der Waals surface area contributed by atoms with Crippen LogP contribution in [0.25, 0.3) is 0 Å². The van der Waals surface area contributed by atoms with E-state index in [1.807, 2.05) is 0 Å². The van der Waals surface area contributed by atoms with Gasteiger partial charge in [0.15, 0.2) is 0 Å². The van der Waals surface area contributed by atoms with E-state index < -0.39 is 28.0 Å². The van der Waals surface area contributed by atoms with Gasteiger partial charge in [0.2, 0.25) is 0 Å². The van der Waals surface area contributed by atoms with Crippen LogP contribution in [-0.2, 0) is 27.8 Å². The Kier molecular flexibility index (Phi) is 5.63. The molecule has 1 aromatic heterocycles. The van der Waals surface area contributed by atoms with Crippen molar-refractivity contribution in [3.05, 3.63) is 16.0 Å². The summed E-state index contributed by atoms with van der Waals surface area (Å²) < 4.78 is 27.5. The van der Waals surface area contributed by atoms with Crippen molar-refractivity contribution in [1.29, 1.82) is 0 Å². The lowest BCUT2D eigenvalue weighted by Gasteiger charge is -2.20. The lowest BCUT2D eigenvalue weighted by Crippen LogP contribution is -2.40. The van der Waals surface area contributed by atoms with Crippen LogP contribution in [0, 0.1) is 5.92 Å². The van der Waals surface area contributed by atoms with Crippen molar-refractivity contribution >= 4 is 33.3 Å². The third-order valence-electron chi connectivity index (χ3n) is 3.86. The zero-order valence-corrected chi connectivity index (χ0v) is 15.0. The highest BCUT2D eigenvalue weighted by Crippen LogP contribution is 2.34. The molecule has 1 atom stereocenters. The Morgan fingerprint density at radius 1 is 1.33 bits per heavy atom. The van der Waals surface area contributed by atoms with Gasteiger partial charge in [-0.25, -0.2) is 17.9 Å². The molecule has 2 rings (SSSR count). The number of rotatable bonds is 7. The van der Waals surface area contributed by atoms with Gasteiger partial charge in [-0.05, 0) is 24.4 Å². The highest BCUT2D eigenvalue weighted by atomic mass is 32.2. The largest absolute Gasteiger partial charge is 0.481 e. The standard InChI is InChI=1S/C14H20N2O6S2/c1-7(2)9(5-11(17)18)16-24(21,22)14-12(13(19)20)8-3-4-15-6-10(8)23-14/h7,9,15-16H,3-6H2,1-2H3,(H,17,18)(H,19,20). The maximum absolute atomic E-state index is 12.7. The Hall–Kier alpha value is -1.49. The molecular formula is C14H20N2O6S2. The van der Waals surface area contributed by atoms with E-state index in [0.29, 0.717) is 30.0 Å². The van der Waals surface area contributed by atoms with E-state index >= 15 is 0 Å². The molecule has 0 radical (unpaired) electrons. The molecule has 1 aromatic rings. The first-order chi connectivity index (χ1) is 11.1. The van der Waals surface area contributed by atoms with Gasteiger partial charge in [-0.3, -0.25) is 4.79 Å².